The molecule has 3 aromatic rings. The molecule has 6 nitrogen and oxygen atoms in total. The van der Waals surface area contributed by atoms with Crippen molar-refractivity contribution >= 4 is 29.1 Å². The fraction of sp³-hybridized carbons (Fsp3) is 0.250. The van der Waals surface area contributed by atoms with E-state index in [0.717, 1.165) is 42.5 Å². The van der Waals surface area contributed by atoms with E-state index in [4.69, 9.17) is 11.6 Å². The van der Waals surface area contributed by atoms with E-state index in [2.05, 4.69) is 36.4 Å². The molecule has 1 fully saturated rings. The molecule has 2 aromatic carbocycles. The van der Waals surface area contributed by atoms with Gasteiger partial charge in [-0.25, -0.2) is 4.39 Å². The molecule has 1 N–H and O–H groups in total. The Balaban J connectivity index is 1.36. The van der Waals surface area contributed by atoms with Gasteiger partial charge in [0.2, 0.25) is 5.95 Å². The molecular formula is C20H20ClFN6. The number of benzene rings is 2. The minimum absolute atomic E-state index is 0.244. The van der Waals surface area contributed by atoms with Crippen LogP contribution in [0.1, 0.15) is 5.56 Å². The van der Waals surface area contributed by atoms with Crippen LogP contribution in [0.5, 0.6) is 0 Å². The zero-order valence-corrected chi connectivity index (χ0v) is 16.0. The summed E-state index contributed by atoms with van der Waals surface area (Å²) in [6.07, 6.45) is 1.59. The fourth-order valence-corrected chi connectivity index (χ4v) is 3.33. The van der Waals surface area contributed by atoms with Crippen LogP contribution in [-0.2, 0) is 6.54 Å². The maximum absolute atomic E-state index is 13.0. The average molecular weight is 399 g/mol. The van der Waals surface area contributed by atoms with E-state index in [0.29, 0.717) is 18.3 Å². The van der Waals surface area contributed by atoms with Gasteiger partial charge in [-0.1, -0.05) is 29.8 Å². The molecule has 28 heavy (non-hydrogen) atoms. The van der Waals surface area contributed by atoms with E-state index in [1.807, 2.05) is 18.2 Å². The maximum atomic E-state index is 13.0. The second-order valence-corrected chi connectivity index (χ2v) is 7.01. The molecule has 0 aliphatic carbocycles. The number of rotatable bonds is 5. The Morgan fingerprint density at radius 2 is 1.75 bits per heavy atom. The van der Waals surface area contributed by atoms with Crippen molar-refractivity contribution in [3.63, 3.8) is 0 Å². The lowest BCUT2D eigenvalue weighted by atomic mass is 10.2. The summed E-state index contributed by atoms with van der Waals surface area (Å²) >= 11 is 6.10. The summed E-state index contributed by atoms with van der Waals surface area (Å²) < 4.78 is 13.0. The van der Waals surface area contributed by atoms with Crippen molar-refractivity contribution in [1.82, 2.24) is 15.2 Å². The van der Waals surface area contributed by atoms with Gasteiger partial charge in [0.15, 0.2) is 5.82 Å². The summed E-state index contributed by atoms with van der Waals surface area (Å²) in [6, 6.07) is 14.3. The second kappa shape index (κ2) is 8.39. The molecule has 0 saturated carbocycles. The van der Waals surface area contributed by atoms with Gasteiger partial charge in [0.25, 0.3) is 0 Å². The van der Waals surface area contributed by atoms with Crippen LogP contribution < -0.4 is 15.1 Å². The predicted octanol–water partition coefficient (Wildman–Crippen LogP) is 3.60. The highest BCUT2D eigenvalue weighted by molar-refractivity contribution is 6.30. The first kappa shape index (κ1) is 18.4. The summed E-state index contributed by atoms with van der Waals surface area (Å²) in [7, 11) is 0. The first-order valence-corrected chi connectivity index (χ1v) is 9.49. The molecule has 0 unspecified atom stereocenters. The largest absolute Gasteiger partial charge is 0.368 e. The molecule has 0 bridgehead atoms. The number of nitrogens with one attached hydrogen (secondary N) is 1. The summed E-state index contributed by atoms with van der Waals surface area (Å²) in [5.41, 5.74) is 2.10. The Morgan fingerprint density at radius 1 is 1.00 bits per heavy atom. The Kier molecular flexibility index (Phi) is 5.53. The van der Waals surface area contributed by atoms with Gasteiger partial charge in [-0.15, -0.1) is 5.10 Å². The number of nitrogens with zero attached hydrogens (tertiary/aromatic N) is 5. The van der Waals surface area contributed by atoms with Gasteiger partial charge >= 0.3 is 0 Å². The minimum Gasteiger partial charge on any atom is -0.368 e. The van der Waals surface area contributed by atoms with Crippen molar-refractivity contribution in [2.24, 2.45) is 0 Å². The Bertz CT molecular complexity index is 928. The maximum Gasteiger partial charge on any atom is 0.247 e. The molecule has 8 heteroatoms. The molecule has 1 aliphatic rings. The van der Waals surface area contributed by atoms with Gasteiger partial charge in [-0.05, 0) is 35.9 Å². The lowest BCUT2D eigenvalue weighted by Crippen LogP contribution is -2.47. The summed E-state index contributed by atoms with van der Waals surface area (Å²) in [6.45, 7) is 3.86. The molecule has 0 spiro atoms. The molecule has 1 aromatic heterocycles. The van der Waals surface area contributed by atoms with Crippen molar-refractivity contribution in [2.75, 3.05) is 41.3 Å². The van der Waals surface area contributed by atoms with Crippen LogP contribution in [0.4, 0.5) is 21.8 Å². The van der Waals surface area contributed by atoms with Gasteiger partial charge in [0, 0.05) is 43.4 Å². The number of hydrogen-bond donors (Lipinski definition) is 1. The molecule has 1 aliphatic heterocycles. The van der Waals surface area contributed by atoms with Crippen LogP contribution >= 0.6 is 11.6 Å². The molecule has 0 radical (unpaired) electrons. The third kappa shape index (κ3) is 4.48. The summed E-state index contributed by atoms with van der Waals surface area (Å²) in [5.74, 6) is 1.01. The Morgan fingerprint density at radius 3 is 2.50 bits per heavy atom. The normalized spacial score (nSPS) is 14.2. The van der Waals surface area contributed by atoms with Gasteiger partial charge in [0.05, 0.1) is 6.20 Å². The van der Waals surface area contributed by atoms with Crippen molar-refractivity contribution in [2.45, 2.75) is 6.54 Å². The van der Waals surface area contributed by atoms with Gasteiger partial charge in [-0.2, -0.15) is 10.1 Å². The van der Waals surface area contributed by atoms with Crippen LogP contribution in [0.3, 0.4) is 0 Å². The van der Waals surface area contributed by atoms with Gasteiger partial charge in [0.1, 0.15) is 5.82 Å². The zero-order valence-electron chi connectivity index (χ0n) is 15.2. The molecule has 4 rings (SSSR count). The quantitative estimate of drug-likeness (QED) is 0.708. The number of piperazine rings is 1. The van der Waals surface area contributed by atoms with E-state index in [1.165, 1.54) is 12.1 Å². The third-order valence-corrected chi connectivity index (χ3v) is 4.91. The molecule has 1 saturated heterocycles. The van der Waals surface area contributed by atoms with Crippen molar-refractivity contribution in [3.8, 4) is 0 Å². The standard InChI is InChI=1S/C20H20ClFN6/c21-16-2-1-3-18(12-16)27-8-10-28(11-9-27)20-25-19(14-24-26-20)23-13-15-4-6-17(22)7-5-15/h1-7,12,14H,8-11,13H2,(H,23,25,26). The van der Waals surface area contributed by atoms with Gasteiger partial charge < -0.3 is 15.1 Å². The summed E-state index contributed by atoms with van der Waals surface area (Å²) in [5, 5.41) is 12.2. The monoisotopic (exact) mass is 398 g/mol. The topological polar surface area (TPSA) is 57.2 Å². The second-order valence-electron chi connectivity index (χ2n) is 6.58. The highest BCUT2D eigenvalue weighted by atomic mass is 35.5. The lowest BCUT2D eigenvalue weighted by molar-refractivity contribution is 0.627. The Hall–Kier alpha value is -2.93. The Labute approximate surface area is 168 Å². The third-order valence-electron chi connectivity index (χ3n) is 4.67. The first-order chi connectivity index (χ1) is 13.7. The van der Waals surface area contributed by atoms with Crippen LogP contribution in [0.2, 0.25) is 5.02 Å². The van der Waals surface area contributed by atoms with E-state index >= 15 is 0 Å². The van der Waals surface area contributed by atoms with E-state index in [9.17, 15) is 4.39 Å². The number of halogens is 2. The smallest absolute Gasteiger partial charge is 0.247 e. The summed E-state index contributed by atoms with van der Waals surface area (Å²) in [4.78, 5) is 8.99. The van der Waals surface area contributed by atoms with Crippen LogP contribution in [0, 0.1) is 5.82 Å². The molecule has 0 amide bonds. The molecule has 2 heterocycles. The van der Waals surface area contributed by atoms with Crippen molar-refractivity contribution in [3.05, 3.63) is 71.1 Å². The van der Waals surface area contributed by atoms with Crippen LogP contribution in [0.15, 0.2) is 54.7 Å². The number of hydrogen-bond acceptors (Lipinski definition) is 6. The average Bonchev–Trinajstić information content (AvgIpc) is 2.74. The number of anilines is 3. The SMILES string of the molecule is Fc1ccc(CNc2cnnc(N3CCN(c4cccc(Cl)c4)CC3)n2)cc1. The van der Waals surface area contributed by atoms with Crippen molar-refractivity contribution < 1.29 is 4.39 Å². The van der Waals surface area contributed by atoms with Crippen molar-refractivity contribution in [1.29, 1.82) is 0 Å². The number of aromatic nitrogens is 3. The highest BCUT2D eigenvalue weighted by Gasteiger charge is 2.20. The molecule has 0 atom stereocenters. The predicted molar refractivity (Wildman–Crippen MR) is 109 cm³/mol. The van der Waals surface area contributed by atoms with E-state index in [-0.39, 0.29) is 5.82 Å². The highest BCUT2D eigenvalue weighted by Crippen LogP contribution is 2.22. The molecule has 144 valence electrons. The minimum atomic E-state index is -0.244. The molecular weight excluding hydrogens is 379 g/mol. The fourth-order valence-electron chi connectivity index (χ4n) is 3.15. The lowest BCUT2D eigenvalue weighted by Gasteiger charge is -2.36. The van der Waals surface area contributed by atoms with E-state index in [1.54, 1.807) is 18.3 Å². The van der Waals surface area contributed by atoms with Crippen LogP contribution in [-0.4, -0.2) is 41.4 Å². The van der Waals surface area contributed by atoms with E-state index < -0.39 is 0 Å². The first-order valence-electron chi connectivity index (χ1n) is 9.11. The zero-order chi connectivity index (χ0) is 19.3. The van der Waals surface area contributed by atoms with Crippen LogP contribution in [0.25, 0.3) is 0 Å². The van der Waals surface area contributed by atoms with Gasteiger partial charge in [-0.3, -0.25) is 0 Å².